The SMILES string of the molecule is Cc1c(C(=O)N2CCOC(CO)C2)oc2ccc(F)cc12. The molecule has 112 valence electrons. The van der Waals surface area contributed by atoms with Crippen molar-refractivity contribution in [2.75, 3.05) is 26.3 Å². The van der Waals surface area contributed by atoms with Crippen LogP contribution in [0.1, 0.15) is 16.1 Å². The van der Waals surface area contributed by atoms with E-state index in [2.05, 4.69) is 0 Å². The van der Waals surface area contributed by atoms with E-state index in [0.29, 0.717) is 36.2 Å². The molecule has 1 aliphatic rings. The molecule has 1 N–H and O–H groups in total. The topological polar surface area (TPSA) is 62.9 Å². The molecular formula is C15H16FNO4. The van der Waals surface area contributed by atoms with E-state index in [1.54, 1.807) is 11.8 Å². The predicted molar refractivity (Wildman–Crippen MR) is 73.6 cm³/mol. The molecule has 2 aromatic rings. The zero-order chi connectivity index (χ0) is 15.0. The van der Waals surface area contributed by atoms with Crippen LogP contribution in [0.5, 0.6) is 0 Å². The van der Waals surface area contributed by atoms with Crippen molar-refractivity contribution >= 4 is 16.9 Å². The highest BCUT2D eigenvalue weighted by atomic mass is 19.1. The average molecular weight is 293 g/mol. The molecule has 0 bridgehead atoms. The second-order valence-corrected chi connectivity index (χ2v) is 5.12. The summed E-state index contributed by atoms with van der Waals surface area (Å²) in [6.07, 6.45) is -0.371. The predicted octanol–water partition coefficient (Wildman–Crippen LogP) is 1.71. The van der Waals surface area contributed by atoms with Gasteiger partial charge in [-0.2, -0.15) is 0 Å². The van der Waals surface area contributed by atoms with Gasteiger partial charge in [0.05, 0.1) is 19.3 Å². The van der Waals surface area contributed by atoms with Crippen LogP contribution >= 0.6 is 0 Å². The van der Waals surface area contributed by atoms with Gasteiger partial charge >= 0.3 is 0 Å². The lowest BCUT2D eigenvalue weighted by atomic mass is 10.1. The van der Waals surface area contributed by atoms with Crippen molar-refractivity contribution in [2.24, 2.45) is 0 Å². The van der Waals surface area contributed by atoms with Gasteiger partial charge in [-0.1, -0.05) is 0 Å². The second-order valence-electron chi connectivity index (χ2n) is 5.12. The van der Waals surface area contributed by atoms with Gasteiger partial charge in [0.15, 0.2) is 5.76 Å². The van der Waals surface area contributed by atoms with Gasteiger partial charge in [0.1, 0.15) is 11.4 Å². The molecule has 1 aromatic carbocycles. The number of benzene rings is 1. The third-order valence-corrected chi connectivity index (χ3v) is 3.72. The second kappa shape index (κ2) is 5.46. The molecule has 0 radical (unpaired) electrons. The van der Waals surface area contributed by atoms with Gasteiger partial charge in [-0.3, -0.25) is 4.79 Å². The van der Waals surface area contributed by atoms with Gasteiger partial charge in [0, 0.05) is 24.0 Å². The molecule has 3 rings (SSSR count). The number of ether oxygens (including phenoxy) is 1. The third kappa shape index (κ3) is 2.52. The highest BCUT2D eigenvalue weighted by Crippen LogP contribution is 2.27. The van der Waals surface area contributed by atoms with Crippen molar-refractivity contribution in [1.29, 1.82) is 0 Å². The first-order chi connectivity index (χ1) is 10.1. The Labute approximate surface area is 120 Å². The van der Waals surface area contributed by atoms with Gasteiger partial charge in [0.2, 0.25) is 0 Å². The van der Waals surface area contributed by atoms with Crippen LogP contribution in [-0.2, 0) is 4.74 Å². The minimum atomic E-state index is -0.371. The van der Waals surface area contributed by atoms with Gasteiger partial charge in [-0.05, 0) is 25.1 Å². The maximum atomic E-state index is 13.3. The first kappa shape index (κ1) is 14.0. The highest BCUT2D eigenvalue weighted by molar-refractivity contribution is 5.99. The number of hydrogen-bond donors (Lipinski definition) is 1. The van der Waals surface area contributed by atoms with Crippen molar-refractivity contribution in [3.8, 4) is 0 Å². The summed E-state index contributed by atoms with van der Waals surface area (Å²) in [5.41, 5.74) is 1.12. The Hall–Kier alpha value is -1.92. The number of aliphatic hydroxyl groups is 1. The zero-order valence-corrected chi connectivity index (χ0v) is 11.6. The fourth-order valence-corrected chi connectivity index (χ4v) is 2.55. The normalized spacial score (nSPS) is 19.2. The largest absolute Gasteiger partial charge is 0.451 e. The lowest BCUT2D eigenvalue weighted by Crippen LogP contribution is -2.46. The number of aliphatic hydroxyl groups excluding tert-OH is 1. The minimum absolute atomic E-state index is 0.131. The molecule has 1 atom stereocenters. The molecule has 0 spiro atoms. The van der Waals surface area contributed by atoms with Crippen LogP contribution in [0, 0.1) is 12.7 Å². The number of fused-ring (bicyclic) bond motifs is 1. The molecular weight excluding hydrogens is 277 g/mol. The van der Waals surface area contributed by atoms with Crippen LogP contribution < -0.4 is 0 Å². The highest BCUT2D eigenvalue weighted by Gasteiger charge is 2.28. The van der Waals surface area contributed by atoms with Gasteiger partial charge in [-0.25, -0.2) is 4.39 Å². The summed E-state index contributed by atoms with van der Waals surface area (Å²) in [7, 11) is 0. The Morgan fingerprint density at radius 1 is 1.52 bits per heavy atom. The van der Waals surface area contributed by atoms with Gasteiger partial charge in [0.25, 0.3) is 5.91 Å². The first-order valence-electron chi connectivity index (χ1n) is 6.80. The molecule has 5 nitrogen and oxygen atoms in total. The van der Waals surface area contributed by atoms with Crippen molar-refractivity contribution < 1.29 is 23.4 Å². The summed E-state index contributed by atoms with van der Waals surface area (Å²) in [6.45, 7) is 2.75. The molecule has 1 aromatic heterocycles. The van der Waals surface area contributed by atoms with Crippen LogP contribution in [0.4, 0.5) is 4.39 Å². The van der Waals surface area contributed by atoms with Crippen molar-refractivity contribution in [2.45, 2.75) is 13.0 Å². The Kier molecular flexibility index (Phi) is 3.65. The van der Waals surface area contributed by atoms with E-state index >= 15 is 0 Å². The molecule has 21 heavy (non-hydrogen) atoms. The molecule has 0 aliphatic carbocycles. The molecule has 1 saturated heterocycles. The summed E-state index contributed by atoms with van der Waals surface area (Å²) in [6, 6.07) is 4.18. The van der Waals surface area contributed by atoms with Crippen LogP contribution in [0.3, 0.4) is 0 Å². The summed E-state index contributed by atoms with van der Waals surface area (Å²) >= 11 is 0. The van der Waals surface area contributed by atoms with Crippen molar-refractivity contribution in [3.63, 3.8) is 0 Å². The number of aryl methyl sites for hydroxylation is 1. The van der Waals surface area contributed by atoms with Crippen LogP contribution in [0.25, 0.3) is 11.0 Å². The number of nitrogens with zero attached hydrogens (tertiary/aromatic N) is 1. The van der Waals surface area contributed by atoms with E-state index < -0.39 is 0 Å². The zero-order valence-electron chi connectivity index (χ0n) is 11.6. The Bertz CT molecular complexity index is 682. The molecule has 0 saturated carbocycles. The Morgan fingerprint density at radius 3 is 3.10 bits per heavy atom. The summed E-state index contributed by atoms with van der Waals surface area (Å²) in [5.74, 6) is -0.405. The van der Waals surface area contributed by atoms with E-state index in [1.807, 2.05) is 0 Å². The number of carbonyl (C=O) groups excluding carboxylic acids is 1. The lowest BCUT2D eigenvalue weighted by molar-refractivity contribution is -0.0453. The quantitative estimate of drug-likeness (QED) is 0.915. The maximum absolute atomic E-state index is 13.3. The van der Waals surface area contributed by atoms with E-state index in [4.69, 9.17) is 14.3 Å². The standard InChI is InChI=1S/C15H16FNO4/c1-9-12-6-10(16)2-3-13(12)21-14(9)15(19)17-4-5-20-11(7-17)8-18/h2-3,6,11,18H,4-5,7-8H2,1H3. The number of rotatable bonds is 2. The number of hydrogen-bond acceptors (Lipinski definition) is 4. The number of carbonyl (C=O) groups is 1. The molecule has 2 heterocycles. The number of furan rings is 1. The first-order valence-corrected chi connectivity index (χ1v) is 6.80. The maximum Gasteiger partial charge on any atom is 0.290 e. The minimum Gasteiger partial charge on any atom is -0.451 e. The number of halogens is 1. The van der Waals surface area contributed by atoms with E-state index in [0.717, 1.165) is 0 Å². The molecule has 1 fully saturated rings. The van der Waals surface area contributed by atoms with Crippen LogP contribution in [0.2, 0.25) is 0 Å². The number of morpholine rings is 1. The smallest absolute Gasteiger partial charge is 0.290 e. The fourth-order valence-electron chi connectivity index (χ4n) is 2.55. The van der Waals surface area contributed by atoms with Crippen LogP contribution in [0.15, 0.2) is 22.6 Å². The van der Waals surface area contributed by atoms with E-state index in [-0.39, 0.29) is 30.2 Å². The summed E-state index contributed by atoms with van der Waals surface area (Å²) in [4.78, 5) is 14.1. The van der Waals surface area contributed by atoms with Gasteiger partial charge in [-0.15, -0.1) is 0 Å². The lowest BCUT2D eigenvalue weighted by Gasteiger charge is -2.31. The number of amides is 1. The molecule has 6 heteroatoms. The molecule has 1 unspecified atom stereocenters. The molecule has 1 aliphatic heterocycles. The fraction of sp³-hybridized carbons (Fsp3) is 0.400. The Morgan fingerprint density at radius 2 is 2.33 bits per heavy atom. The summed E-state index contributed by atoms with van der Waals surface area (Å²) < 4.78 is 24.2. The van der Waals surface area contributed by atoms with Crippen molar-refractivity contribution in [3.05, 3.63) is 35.3 Å². The monoisotopic (exact) mass is 293 g/mol. The van der Waals surface area contributed by atoms with E-state index in [9.17, 15) is 9.18 Å². The third-order valence-electron chi connectivity index (χ3n) is 3.72. The summed E-state index contributed by atoms with van der Waals surface area (Å²) in [5, 5.41) is 9.73. The van der Waals surface area contributed by atoms with Gasteiger partial charge < -0.3 is 19.2 Å². The average Bonchev–Trinajstić information content (AvgIpc) is 2.83. The van der Waals surface area contributed by atoms with Crippen molar-refractivity contribution in [1.82, 2.24) is 4.90 Å². The van der Waals surface area contributed by atoms with E-state index in [1.165, 1.54) is 18.2 Å². The molecule has 1 amide bonds. The van der Waals surface area contributed by atoms with Crippen LogP contribution in [-0.4, -0.2) is 48.3 Å². The Balaban J connectivity index is 1.92.